The third kappa shape index (κ3) is 3.78. The molecule has 1 amide bonds. The van der Waals surface area contributed by atoms with E-state index in [4.69, 9.17) is 11.6 Å². The highest BCUT2D eigenvalue weighted by Crippen LogP contribution is 2.36. The van der Waals surface area contributed by atoms with Crippen LogP contribution in [0.3, 0.4) is 0 Å². The number of anilines is 1. The molecule has 6 nitrogen and oxygen atoms in total. The second kappa shape index (κ2) is 6.77. The van der Waals surface area contributed by atoms with Crippen LogP contribution in [0.1, 0.15) is 0 Å². The van der Waals surface area contributed by atoms with Gasteiger partial charge >= 0.3 is 0 Å². The number of hydrogen-bond acceptors (Lipinski definition) is 6. The Kier molecular flexibility index (Phi) is 5.00. The Balaban J connectivity index is 1.91. The molecule has 0 saturated carbocycles. The van der Waals surface area contributed by atoms with Crippen molar-refractivity contribution < 1.29 is 17.6 Å². The van der Waals surface area contributed by atoms with Gasteiger partial charge in [-0.05, 0) is 18.2 Å². The van der Waals surface area contributed by atoms with E-state index in [1.54, 1.807) is 25.1 Å². The van der Waals surface area contributed by atoms with Crippen LogP contribution in [-0.2, 0) is 14.6 Å². The van der Waals surface area contributed by atoms with E-state index in [0.29, 0.717) is 10.9 Å². The SMILES string of the molecule is CN(C)C(=O)CSC1=N[C@@H]2CS(=O)(=O)C[C@H]2N1c1ccc(F)c(Cl)c1. The molecule has 10 heteroatoms. The van der Waals surface area contributed by atoms with Crippen LogP contribution >= 0.6 is 23.4 Å². The van der Waals surface area contributed by atoms with Crippen LogP contribution in [-0.4, -0.2) is 67.8 Å². The summed E-state index contributed by atoms with van der Waals surface area (Å²) in [5, 5.41) is 0.512. The fourth-order valence-corrected chi connectivity index (χ4v) is 5.95. The van der Waals surface area contributed by atoms with E-state index in [-0.39, 0.29) is 40.3 Å². The predicted molar refractivity (Wildman–Crippen MR) is 98.7 cm³/mol. The number of sulfone groups is 1. The van der Waals surface area contributed by atoms with Crippen LogP contribution in [0.2, 0.25) is 5.02 Å². The normalized spacial score (nSPS) is 24.2. The summed E-state index contributed by atoms with van der Waals surface area (Å²) >= 11 is 7.12. The number of hydrogen-bond donors (Lipinski definition) is 0. The summed E-state index contributed by atoms with van der Waals surface area (Å²) in [6.07, 6.45) is 0. The fourth-order valence-electron chi connectivity index (χ4n) is 2.83. The number of amidine groups is 1. The van der Waals surface area contributed by atoms with E-state index >= 15 is 0 Å². The molecule has 1 aromatic rings. The van der Waals surface area contributed by atoms with Crippen molar-refractivity contribution in [2.24, 2.45) is 4.99 Å². The lowest BCUT2D eigenvalue weighted by Crippen LogP contribution is -2.39. The molecular weight excluding hydrogens is 389 g/mol. The zero-order valence-corrected chi connectivity index (χ0v) is 16.0. The maximum Gasteiger partial charge on any atom is 0.232 e. The minimum Gasteiger partial charge on any atom is -0.348 e. The van der Waals surface area contributed by atoms with Crippen molar-refractivity contribution in [3.8, 4) is 0 Å². The van der Waals surface area contributed by atoms with Gasteiger partial charge in [0.2, 0.25) is 5.91 Å². The molecule has 2 aliphatic rings. The average molecular weight is 406 g/mol. The molecule has 3 rings (SSSR count). The molecule has 0 N–H and O–H groups in total. The fraction of sp³-hybridized carbons (Fsp3) is 0.467. The summed E-state index contributed by atoms with van der Waals surface area (Å²) in [6, 6.07) is 3.49. The maximum absolute atomic E-state index is 13.5. The number of rotatable bonds is 3. The summed E-state index contributed by atoms with van der Waals surface area (Å²) in [6.45, 7) is 0. The molecule has 2 heterocycles. The van der Waals surface area contributed by atoms with Gasteiger partial charge in [-0.15, -0.1) is 0 Å². The van der Waals surface area contributed by atoms with Gasteiger partial charge in [0.15, 0.2) is 15.0 Å². The maximum atomic E-state index is 13.5. The van der Waals surface area contributed by atoms with Crippen LogP contribution in [0.4, 0.5) is 10.1 Å². The van der Waals surface area contributed by atoms with Gasteiger partial charge < -0.3 is 9.80 Å². The number of carbonyl (C=O) groups is 1. The lowest BCUT2D eigenvalue weighted by Gasteiger charge is -2.26. The Morgan fingerprint density at radius 1 is 1.44 bits per heavy atom. The van der Waals surface area contributed by atoms with E-state index in [2.05, 4.69) is 4.99 Å². The highest BCUT2D eigenvalue weighted by Gasteiger charge is 2.47. The second-order valence-electron chi connectivity index (χ2n) is 6.17. The van der Waals surface area contributed by atoms with Crippen molar-refractivity contribution in [1.82, 2.24) is 4.90 Å². The van der Waals surface area contributed by atoms with E-state index in [0.717, 1.165) is 0 Å². The first-order chi connectivity index (χ1) is 11.7. The van der Waals surface area contributed by atoms with Gasteiger partial charge in [-0.2, -0.15) is 0 Å². The van der Waals surface area contributed by atoms with Gasteiger partial charge in [0.05, 0.1) is 34.4 Å². The van der Waals surface area contributed by atoms with Gasteiger partial charge in [0.25, 0.3) is 0 Å². The van der Waals surface area contributed by atoms with Crippen LogP contribution in [0.15, 0.2) is 23.2 Å². The van der Waals surface area contributed by atoms with Gasteiger partial charge in [-0.1, -0.05) is 23.4 Å². The first-order valence-electron chi connectivity index (χ1n) is 7.53. The number of amides is 1. The summed E-state index contributed by atoms with van der Waals surface area (Å²) in [5.74, 6) is -0.483. The number of benzene rings is 1. The first kappa shape index (κ1) is 18.5. The molecule has 0 aliphatic carbocycles. The number of carbonyl (C=O) groups excluding carboxylic acids is 1. The van der Waals surface area contributed by atoms with E-state index in [1.165, 1.54) is 28.8 Å². The molecule has 1 fully saturated rings. The molecule has 0 radical (unpaired) electrons. The number of aliphatic imine (C=N–C) groups is 1. The number of nitrogens with zero attached hydrogens (tertiary/aromatic N) is 3. The summed E-state index contributed by atoms with van der Waals surface area (Å²) in [4.78, 5) is 19.6. The highest BCUT2D eigenvalue weighted by atomic mass is 35.5. The molecule has 2 atom stereocenters. The number of halogens is 2. The molecule has 0 aromatic heterocycles. The first-order valence-corrected chi connectivity index (χ1v) is 10.7. The minimum absolute atomic E-state index is 0.0191. The average Bonchev–Trinajstić information content (AvgIpc) is 2.98. The Hall–Kier alpha value is -1.32. The van der Waals surface area contributed by atoms with Gasteiger partial charge in [-0.25, -0.2) is 12.8 Å². The van der Waals surface area contributed by atoms with Crippen molar-refractivity contribution >= 4 is 50.0 Å². The van der Waals surface area contributed by atoms with Crippen LogP contribution < -0.4 is 4.90 Å². The van der Waals surface area contributed by atoms with E-state index in [1.807, 2.05) is 0 Å². The van der Waals surface area contributed by atoms with E-state index in [9.17, 15) is 17.6 Å². The zero-order valence-electron chi connectivity index (χ0n) is 13.6. The zero-order chi connectivity index (χ0) is 18.4. The van der Waals surface area contributed by atoms with Crippen LogP contribution in [0, 0.1) is 5.82 Å². The standard InChI is InChI=1S/C15H17ClFN3O3S2/c1-19(2)14(21)6-24-15-18-12-7-25(22,23)8-13(12)20(15)9-3-4-11(17)10(16)5-9/h3-5,12-13H,6-8H2,1-2H3/t12-,13-/m1/s1. The van der Waals surface area contributed by atoms with Crippen molar-refractivity contribution in [2.45, 2.75) is 12.1 Å². The lowest BCUT2D eigenvalue weighted by atomic mass is 10.1. The molecule has 0 spiro atoms. The molecule has 2 aliphatic heterocycles. The number of fused-ring (bicyclic) bond motifs is 1. The second-order valence-corrected chi connectivity index (χ2v) is 9.67. The Bertz CT molecular complexity index is 844. The third-order valence-electron chi connectivity index (χ3n) is 4.11. The Morgan fingerprint density at radius 2 is 2.16 bits per heavy atom. The quantitative estimate of drug-likeness (QED) is 0.764. The van der Waals surface area contributed by atoms with Crippen molar-refractivity contribution in [3.05, 3.63) is 29.0 Å². The number of thioether (sulfide) groups is 1. The third-order valence-corrected chi connectivity index (χ3v) is 7.05. The molecule has 25 heavy (non-hydrogen) atoms. The molecule has 1 aromatic carbocycles. The van der Waals surface area contributed by atoms with Crippen molar-refractivity contribution in [3.63, 3.8) is 0 Å². The molecule has 0 unspecified atom stereocenters. The Morgan fingerprint density at radius 3 is 2.80 bits per heavy atom. The largest absolute Gasteiger partial charge is 0.348 e. The van der Waals surface area contributed by atoms with Crippen LogP contribution in [0.25, 0.3) is 0 Å². The topological polar surface area (TPSA) is 70.0 Å². The molecular formula is C15H17ClFN3O3S2. The molecule has 0 bridgehead atoms. The summed E-state index contributed by atoms with van der Waals surface area (Å²) in [7, 11) is 0.157. The summed E-state index contributed by atoms with van der Waals surface area (Å²) < 4.78 is 37.4. The van der Waals surface area contributed by atoms with Gasteiger partial charge in [-0.3, -0.25) is 9.79 Å². The van der Waals surface area contributed by atoms with Crippen LogP contribution in [0.5, 0.6) is 0 Å². The highest BCUT2D eigenvalue weighted by molar-refractivity contribution is 8.14. The monoisotopic (exact) mass is 405 g/mol. The molecule has 136 valence electrons. The van der Waals surface area contributed by atoms with Crippen molar-refractivity contribution in [1.29, 1.82) is 0 Å². The minimum atomic E-state index is -3.17. The predicted octanol–water partition coefficient (Wildman–Crippen LogP) is 1.64. The van der Waals surface area contributed by atoms with Gasteiger partial charge in [0, 0.05) is 19.8 Å². The molecule has 1 saturated heterocycles. The lowest BCUT2D eigenvalue weighted by molar-refractivity contribution is -0.125. The summed E-state index contributed by atoms with van der Waals surface area (Å²) in [5.41, 5.74) is 0.569. The smallest absolute Gasteiger partial charge is 0.232 e. The van der Waals surface area contributed by atoms with E-state index < -0.39 is 15.7 Å². The Labute approximate surface area is 154 Å². The van der Waals surface area contributed by atoms with Crippen molar-refractivity contribution in [2.75, 3.05) is 36.3 Å². The van der Waals surface area contributed by atoms with Gasteiger partial charge in [0.1, 0.15) is 5.82 Å².